The average Bonchev–Trinajstić information content (AvgIpc) is 2.58. The van der Waals surface area contributed by atoms with Crippen LogP contribution in [0.5, 0.6) is 0 Å². The summed E-state index contributed by atoms with van der Waals surface area (Å²) in [5.41, 5.74) is 1.55. The molecule has 1 amide bonds. The quantitative estimate of drug-likeness (QED) is 0.680. The first-order chi connectivity index (χ1) is 12.0. The molecule has 136 valence electrons. The highest BCUT2D eigenvalue weighted by molar-refractivity contribution is 6.18. The number of hydrogen-bond acceptors (Lipinski definition) is 3. The van der Waals surface area contributed by atoms with Gasteiger partial charge in [0.1, 0.15) is 0 Å². The van der Waals surface area contributed by atoms with Gasteiger partial charge in [0, 0.05) is 23.3 Å². The molecule has 25 heavy (non-hydrogen) atoms. The lowest BCUT2D eigenvalue weighted by Crippen LogP contribution is -2.59. The fraction of sp³-hybridized carbons (Fsp3) is 0.650. The largest absolute Gasteiger partial charge is 0.390 e. The molecule has 5 heteroatoms. The van der Waals surface area contributed by atoms with E-state index in [-0.39, 0.29) is 17.3 Å². The number of nitrogens with one attached hydrogen (secondary N) is 2. The second-order valence-corrected chi connectivity index (χ2v) is 8.73. The van der Waals surface area contributed by atoms with Crippen molar-refractivity contribution < 1.29 is 9.90 Å². The number of hydrogen-bond donors (Lipinski definition) is 3. The molecule has 3 N–H and O–H groups in total. The first-order valence-corrected chi connectivity index (χ1v) is 9.99. The second-order valence-electron chi connectivity index (χ2n) is 8.42. The zero-order valence-electron chi connectivity index (χ0n) is 14.5. The first kappa shape index (κ1) is 17.2. The molecule has 4 saturated carbocycles. The van der Waals surface area contributed by atoms with Crippen molar-refractivity contribution in [3.63, 3.8) is 0 Å². The van der Waals surface area contributed by atoms with Gasteiger partial charge >= 0.3 is 0 Å². The SMILES string of the molecule is O=C(NC12CC3CC(CC(C3)C1)C2)c1cccc(NCC(O)CCl)c1. The van der Waals surface area contributed by atoms with E-state index in [1.165, 1.54) is 19.3 Å². The molecule has 4 aliphatic rings. The van der Waals surface area contributed by atoms with Gasteiger partial charge < -0.3 is 15.7 Å². The van der Waals surface area contributed by atoms with Crippen molar-refractivity contribution in [1.29, 1.82) is 0 Å². The third-order valence-electron chi connectivity index (χ3n) is 6.26. The summed E-state index contributed by atoms with van der Waals surface area (Å²) in [6.45, 7) is 0.379. The molecule has 4 nitrogen and oxygen atoms in total. The zero-order valence-corrected chi connectivity index (χ0v) is 15.3. The van der Waals surface area contributed by atoms with Crippen molar-refractivity contribution in [1.82, 2.24) is 5.32 Å². The second kappa shape index (κ2) is 6.81. The van der Waals surface area contributed by atoms with E-state index in [0.29, 0.717) is 12.1 Å². The summed E-state index contributed by atoms with van der Waals surface area (Å²) >= 11 is 5.62. The summed E-state index contributed by atoms with van der Waals surface area (Å²) in [4.78, 5) is 12.9. The molecule has 4 aliphatic carbocycles. The Labute approximate surface area is 154 Å². The predicted molar refractivity (Wildman–Crippen MR) is 100 cm³/mol. The number of anilines is 1. The van der Waals surface area contributed by atoms with Crippen molar-refractivity contribution >= 4 is 23.2 Å². The van der Waals surface area contributed by atoms with Crippen molar-refractivity contribution in [3.8, 4) is 0 Å². The van der Waals surface area contributed by atoms with Gasteiger partial charge in [-0.3, -0.25) is 4.79 Å². The van der Waals surface area contributed by atoms with Gasteiger partial charge in [0.15, 0.2) is 0 Å². The van der Waals surface area contributed by atoms with Gasteiger partial charge in [-0.05, 0) is 74.5 Å². The average molecular weight is 363 g/mol. The Bertz CT molecular complexity index is 613. The van der Waals surface area contributed by atoms with Crippen LogP contribution in [0.2, 0.25) is 0 Å². The Morgan fingerprint density at radius 2 is 1.84 bits per heavy atom. The van der Waals surface area contributed by atoms with Gasteiger partial charge in [0.25, 0.3) is 5.91 Å². The smallest absolute Gasteiger partial charge is 0.251 e. The fourth-order valence-electron chi connectivity index (χ4n) is 5.64. The number of benzene rings is 1. The maximum absolute atomic E-state index is 12.9. The normalized spacial score (nSPS) is 33.9. The van der Waals surface area contributed by atoms with Crippen LogP contribution < -0.4 is 10.6 Å². The molecule has 1 aromatic rings. The molecule has 4 fully saturated rings. The number of aliphatic hydroxyl groups excluding tert-OH is 1. The van der Waals surface area contributed by atoms with E-state index < -0.39 is 6.10 Å². The number of carbonyl (C=O) groups excluding carboxylic acids is 1. The molecule has 5 rings (SSSR count). The van der Waals surface area contributed by atoms with Gasteiger partial charge in [-0.2, -0.15) is 0 Å². The topological polar surface area (TPSA) is 61.4 Å². The molecule has 0 aliphatic heterocycles. The highest BCUT2D eigenvalue weighted by atomic mass is 35.5. The predicted octanol–water partition coefficient (Wildman–Crippen LogP) is 3.40. The van der Waals surface area contributed by atoms with Crippen LogP contribution in [0.25, 0.3) is 0 Å². The Morgan fingerprint density at radius 3 is 2.44 bits per heavy atom. The number of aliphatic hydroxyl groups is 1. The fourth-order valence-corrected chi connectivity index (χ4v) is 5.75. The van der Waals surface area contributed by atoms with Crippen molar-refractivity contribution in [2.24, 2.45) is 17.8 Å². The molecule has 0 radical (unpaired) electrons. The minimum atomic E-state index is -0.592. The van der Waals surface area contributed by atoms with E-state index in [1.807, 2.05) is 24.3 Å². The zero-order chi connectivity index (χ0) is 17.4. The van der Waals surface area contributed by atoms with Crippen molar-refractivity contribution in [3.05, 3.63) is 29.8 Å². The Morgan fingerprint density at radius 1 is 1.20 bits per heavy atom. The molecule has 1 unspecified atom stereocenters. The molecule has 0 saturated heterocycles. The summed E-state index contributed by atoms with van der Waals surface area (Å²) in [5, 5.41) is 16.1. The van der Waals surface area contributed by atoms with E-state index in [2.05, 4.69) is 10.6 Å². The summed E-state index contributed by atoms with van der Waals surface area (Å²) in [6, 6.07) is 7.50. The number of amides is 1. The van der Waals surface area contributed by atoms with E-state index in [1.54, 1.807) is 0 Å². The summed E-state index contributed by atoms with van der Waals surface area (Å²) in [5.74, 6) is 2.67. The van der Waals surface area contributed by atoms with Crippen LogP contribution in [0.1, 0.15) is 48.9 Å². The lowest BCUT2D eigenvalue weighted by atomic mass is 9.53. The minimum Gasteiger partial charge on any atom is -0.390 e. The van der Waals surface area contributed by atoms with E-state index in [0.717, 1.165) is 42.7 Å². The van der Waals surface area contributed by atoms with Gasteiger partial charge in [0.2, 0.25) is 0 Å². The van der Waals surface area contributed by atoms with Crippen LogP contribution in [0, 0.1) is 17.8 Å². The number of halogens is 1. The van der Waals surface area contributed by atoms with Crippen molar-refractivity contribution in [2.75, 3.05) is 17.7 Å². The van der Waals surface area contributed by atoms with Crippen LogP contribution in [0.4, 0.5) is 5.69 Å². The Balaban J connectivity index is 1.43. The number of carbonyl (C=O) groups is 1. The minimum absolute atomic E-state index is 0.0310. The van der Waals surface area contributed by atoms with Gasteiger partial charge in [-0.25, -0.2) is 0 Å². The summed E-state index contributed by atoms with van der Waals surface area (Å²) < 4.78 is 0. The van der Waals surface area contributed by atoms with Crippen LogP contribution >= 0.6 is 11.6 Å². The Hall–Kier alpha value is -1.26. The van der Waals surface area contributed by atoms with E-state index in [4.69, 9.17) is 11.6 Å². The number of rotatable bonds is 6. The Kier molecular flexibility index (Phi) is 4.67. The molecule has 1 aromatic carbocycles. The van der Waals surface area contributed by atoms with Crippen LogP contribution in [-0.2, 0) is 0 Å². The van der Waals surface area contributed by atoms with Gasteiger partial charge in [-0.15, -0.1) is 11.6 Å². The first-order valence-electron chi connectivity index (χ1n) is 9.46. The molecule has 1 atom stereocenters. The third-order valence-corrected chi connectivity index (χ3v) is 6.62. The monoisotopic (exact) mass is 362 g/mol. The van der Waals surface area contributed by atoms with Crippen LogP contribution in [0.3, 0.4) is 0 Å². The van der Waals surface area contributed by atoms with E-state index in [9.17, 15) is 9.90 Å². The van der Waals surface area contributed by atoms with Crippen molar-refractivity contribution in [2.45, 2.75) is 50.2 Å². The van der Waals surface area contributed by atoms with Gasteiger partial charge in [-0.1, -0.05) is 6.07 Å². The van der Waals surface area contributed by atoms with Gasteiger partial charge in [0.05, 0.1) is 12.0 Å². The maximum atomic E-state index is 12.9. The number of alkyl halides is 1. The molecule has 4 bridgehead atoms. The molecule has 0 heterocycles. The highest BCUT2D eigenvalue weighted by Gasteiger charge is 2.51. The highest BCUT2D eigenvalue weighted by Crippen LogP contribution is 2.55. The molecular weight excluding hydrogens is 336 g/mol. The van der Waals surface area contributed by atoms with Crippen LogP contribution in [0.15, 0.2) is 24.3 Å². The summed E-state index contributed by atoms with van der Waals surface area (Å²) in [6.07, 6.45) is 7.00. The third kappa shape index (κ3) is 3.65. The molecule has 0 spiro atoms. The summed E-state index contributed by atoms with van der Waals surface area (Å²) in [7, 11) is 0. The standard InChI is InChI=1S/C20H27ClN2O2/c21-11-18(24)12-22-17-3-1-2-16(7-17)19(25)23-20-8-13-4-14(9-20)6-15(5-13)10-20/h1-3,7,13-15,18,22,24H,4-6,8-12H2,(H,23,25). The van der Waals surface area contributed by atoms with E-state index >= 15 is 0 Å². The van der Waals surface area contributed by atoms with Crippen LogP contribution in [-0.4, -0.2) is 35.1 Å². The maximum Gasteiger partial charge on any atom is 0.251 e. The lowest BCUT2D eigenvalue weighted by Gasteiger charge is -2.56. The lowest BCUT2D eigenvalue weighted by molar-refractivity contribution is -0.0167. The molecular formula is C20H27ClN2O2. The molecule has 0 aromatic heterocycles.